The Kier molecular flexibility index (Phi) is 4.91. The number of methoxy groups -OCH3 is 1. The van der Waals surface area contributed by atoms with Crippen LogP contribution in [0.5, 0.6) is 5.75 Å². The number of nitrogens with one attached hydrogen (secondary N) is 1. The lowest BCUT2D eigenvalue weighted by atomic mass is 10.1. The van der Waals surface area contributed by atoms with Gasteiger partial charge in [-0.3, -0.25) is 9.48 Å². The number of hydrogen-bond acceptors (Lipinski definition) is 4. The number of aryl methyl sites for hydroxylation is 2. The summed E-state index contributed by atoms with van der Waals surface area (Å²) in [6.45, 7) is 0. The third-order valence-corrected chi connectivity index (χ3v) is 4.97. The second kappa shape index (κ2) is 7.08. The summed E-state index contributed by atoms with van der Waals surface area (Å²) in [7, 11) is 3.54. The lowest BCUT2D eigenvalue weighted by Gasteiger charge is -2.08. The molecule has 6 heteroatoms. The number of fused-ring (bicyclic) bond motifs is 1. The molecule has 0 bridgehead atoms. The molecule has 0 spiro atoms. The molecule has 0 saturated carbocycles. The summed E-state index contributed by atoms with van der Waals surface area (Å²) in [5, 5.41) is 7.48. The van der Waals surface area contributed by atoms with Gasteiger partial charge >= 0.3 is 0 Å². The smallest absolute Gasteiger partial charge is 0.225 e. The molecule has 1 amide bonds. The van der Waals surface area contributed by atoms with E-state index in [4.69, 9.17) is 4.74 Å². The molecule has 23 heavy (non-hydrogen) atoms. The van der Waals surface area contributed by atoms with Crippen LogP contribution >= 0.6 is 11.8 Å². The molecule has 5 nitrogen and oxygen atoms in total. The number of amides is 1. The molecule has 0 radical (unpaired) electrons. The van der Waals surface area contributed by atoms with Crippen molar-refractivity contribution < 1.29 is 9.53 Å². The molecule has 1 N–H and O–H groups in total. The average Bonchev–Trinajstić information content (AvgIpc) is 3.11. The standard InChI is InChI=1S/C17H21N3O2S/c1-20-17(14-10-23-11-15(14)19-20)18-16(21)5-3-4-12-6-8-13(22-2)9-7-12/h6-9H,3-5,10-11H2,1-2H3,(H,18,21). The van der Waals surface area contributed by atoms with Crippen LogP contribution < -0.4 is 10.1 Å². The molecule has 3 rings (SSSR count). The predicted octanol–water partition coefficient (Wildman–Crippen LogP) is 3.14. The van der Waals surface area contributed by atoms with Gasteiger partial charge < -0.3 is 10.1 Å². The van der Waals surface area contributed by atoms with E-state index in [1.54, 1.807) is 11.8 Å². The maximum absolute atomic E-state index is 12.2. The summed E-state index contributed by atoms with van der Waals surface area (Å²) in [6.07, 6.45) is 2.23. The van der Waals surface area contributed by atoms with E-state index in [9.17, 15) is 4.79 Å². The van der Waals surface area contributed by atoms with Crippen LogP contribution in [0, 0.1) is 0 Å². The highest BCUT2D eigenvalue weighted by molar-refractivity contribution is 7.98. The van der Waals surface area contributed by atoms with Crippen LogP contribution in [0.15, 0.2) is 24.3 Å². The molecule has 122 valence electrons. The summed E-state index contributed by atoms with van der Waals surface area (Å²) < 4.78 is 6.93. The van der Waals surface area contributed by atoms with Crippen LogP contribution in [0.25, 0.3) is 0 Å². The van der Waals surface area contributed by atoms with Crippen LogP contribution in [0.1, 0.15) is 29.7 Å². The van der Waals surface area contributed by atoms with Gasteiger partial charge in [0.25, 0.3) is 0 Å². The summed E-state index contributed by atoms with van der Waals surface area (Å²) >= 11 is 1.84. The van der Waals surface area contributed by atoms with Gasteiger partial charge in [0.1, 0.15) is 11.6 Å². The molecule has 0 saturated heterocycles. The number of hydrogen-bond donors (Lipinski definition) is 1. The predicted molar refractivity (Wildman–Crippen MR) is 92.8 cm³/mol. The number of carbonyl (C=O) groups excluding carboxylic acids is 1. The van der Waals surface area contributed by atoms with E-state index in [0.29, 0.717) is 6.42 Å². The first kappa shape index (κ1) is 15.9. The monoisotopic (exact) mass is 331 g/mol. The molecule has 1 aromatic carbocycles. The average molecular weight is 331 g/mol. The fraction of sp³-hybridized carbons (Fsp3) is 0.412. The maximum atomic E-state index is 12.2. The molecular weight excluding hydrogens is 310 g/mol. The highest BCUT2D eigenvalue weighted by atomic mass is 32.2. The second-order valence-electron chi connectivity index (χ2n) is 5.64. The van der Waals surface area contributed by atoms with Crippen molar-refractivity contribution in [2.75, 3.05) is 12.4 Å². The van der Waals surface area contributed by atoms with E-state index in [1.807, 2.05) is 43.1 Å². The van der Waals surface area contributed by atoms with Gasteiger partial charge in [-0.2, -0.15) is 16.9 Å². The van der Waals surface area contributed by atoms with Gasteiger partial charge in [-0.25, -0.2) is 0 Å². The van der Waals surface area contributed by atoms with Gasteiger partial charge in [-0.15, -0.1) is 0 Å². The Labute approximate surface area is 140 Å². The third kappa shape index (κ3) is 3.69. The number of ether oxygens (including phenoxy) is 1. The molecule has 0 unspecified atom stereocenters. The van der Waals surface area contributed by atoms with Crippen molar-refractivity contribution in [1.82, 2.24) is 9.78 Å². The Balaban J connectivity index is 1.50. The largest absolute Gasteiger partial charge is 0.497 e. The summed E-state index contributed by atoms with van der Waals surface area (Å²) in [4.78, 5) is 12.2. The van der Waals surface area contributed by atoms with Crippen molar-refractivity contribution in [1.29, 1.82) is 0 Å². The lowest BCUT2D eigenvalue weighted by molar-refractivity contribution is -0.116. The molecule has 1 aliphatic heterocycles. The molecule has 0 aliphatic carbocycles. The van der Waals surface area contributed by atoms with Crippen LogP contribution in [0.4, 0.5) is 5.82 Å². The van der Waals surface area contributed by atoms with Crippen LogP contribution in [-0.4, -0.2) is 22.8 Å². The number of nitrogens with zero attached hydrogens (tertiary/aromatic N) is 2. The van der Waals surface area contributed by atoms with E-state index >= 15 is 0 Å². The van der Waals surface area contributed by atoms with Crippen LogP contribution in [0.2, 0.25) is 0 Å². The molecule has 1 aliphatic rings. The Hall–Kier alpha value is -1.95. The molecular formula is C17H21N3O2S. The molecule has 0 fully saturated rings. The maximum Gasteiger partial charge on any atom is 0.225 e. The van der Waals surface area contributed by atoms with Crippen molar-refractivity contribution in [3.05, 3.63) is 41.1 Å². The van der Waals surface area contributed by atoms with Crippen molar-refractivity contribution >= 4 is 23.5 Å². The first-order chi connectivity index (χ1) is 11.2. The Morgan fingerprint density at radius 1 is 1.35 bits per heavy atom. The van der Waals surface area contributed by atoms with Crippen molar-refractivity contribution in [3.8, 4) is 5.75 Å². The number of benzene rings is 1. The third-order valence-electron chi connectivity index (χ3n) is 4.00. The van der Waals surface area contributed by atoms with E-state index in [0.717, 1.165) is 41.6 Å². The quantitative estimate of drug-likeness (QED) is 0.883. The summed E-state index contributed by atoms with van der Waals surface area (Å²) in [6, 6.07) is 7.99. The number of rotatable bonds is 6. The lowest BCUT2D eigenvalue weighted by Crippen LogP contribution is -2.15. The topological polar surface area (TPSA) is 56.1 Å². The zero-order valence-corrected chi connectivity index (χ0v) is 14.3. The molecule has 0 atom stereocenters. The van der Waals surface area contributed by atoms with Gasteiger partial charge in [0.15, 0.2) is 0 Å². The van der Waals surface area contributed by atoms with Gasteiger partial charge in [-0.1, -0.05) is 12.1 Å². The first-order valence-corrected chi connectivity index (χ1v) is 8.88. The minimum atomic E-state index is 0.0567. The van der Waals surface area contributed by atoms with Crippen LogP contribution in [0.3, 0.4) is 0 Å². The number of thioether (sulfide) groups is 1. The van der Waals surface area contributed by atoms with E-state index in [-0.39, 0.29) is 5.91 Å². The van der Waals surface area contributed by atoms with E-state index in [1.165, 1.54) is 11.1 Å². The van der Waals surface area contributed by atoms with Crippen molar-refractivity contribution in [2.45, 2.75) is 30.8 Å². The SMILES string of the molecule is COc1ccc(CCCC(=O)Nc2c3c(nn2C)CSC3)cc1. The zero-order chi connectivity index (χ0) is 16.2. The highest BCUT2D eigenvalue weighted by Crippen LogP contribution is 2.34. The fourth-order valence-corrected chi connectivity index (χ4v) is 3.77. The number of carbonyl (C=O) groups is 1. The normalized spacial score (nSPS) is 13.0. The van der Waals surface area contributed by atoms with E-state index < -0.39 is 0 Å². The van der Waals surface area contributed by atoms with Crippen LogP contribution in [-0.2, 0) is 29.8 Å². The highest BCUT2D eigenvalue weighted by Gasteiger charge is 2.22. The van der Waals surface area contributed by atoms with Crippen molar-refractivity contribution in [2.24, 2.45) is 7.05 Å². The Morgan fingerprint density at radius 2 is 2.13 bits per heavy atom. The van der Waals surface area contributed by atoms with Gasteiger partial charge in [0.2, 0.25) is 5.91 Å². The summed E-state index contributed by atoms with van der Waals surface area (Å²) in [5.41, 5.74) is 3.50. The first-order valence-electron chi connectivity index (χ1n) is 7.72. The van der Waals surface area contributed by atoms with Gasteiger partial charge in [0, 0.05) is 30.5 Å². The van der Waals surface area contributed by atoms with Gasteiger partial charge in [0.05, 0.1) is 12.8 Å². The molecule has 2 heterocycles. The molecule has 2 aromatic rings. The minimum Gasteiger partial charge on any atom is -0.497 e. The summed E-state index contributed by atoms with van der Waals surface area (Å²) in [5.74, 6) is 3.65. The minimum absolute atomic E-state index is 0.0567. The van der Waals surface area contributed by atoms with Crippen molar-refractivity contribution in [3.63, 3.8) is 0 Å². The second-order valence-corrected chi connectivity index (χ2v) is 6.63. The zero-order valence-electron chi connectivity index (χ0n) is 13.5. The number of anilines is 1. The van der Waals surface area contributed by atoms with Gasteiger partial charge in [-0.05, 0) is 30.5 Å². The van der Waals surface area contributed by atoms with E-state index in [2.05, 4.69) is 10.4 Å². The Bertz CT molecular complexity index is 695. The number of aromatic nitrogens is 2. The molecule has 1 aromatic heterocycles. The Morgan fingerprint density at radius 3 is 2.87 bits per heavy atom. The fourth-order valence-electron chi connectivity index (χ4n) is 2.74.